The van der Waals surface area contributed by atoms with E-state index < -0.39 is 0 Å². The lowest BCUT2D eigenvalue weighted by Crippen LogP contribution is -2.46. The molecule has 11 heavy (non-hydrogen) atoms. The van der Waals surface area contributed by atoms with Crippen molar-refractivity contribution in [2.24, 2.45) is 11.7 Å². The molecule has 3 nitrogen and oxygen atoms in total. The van der Waals surface area contributed by atoms with Gasteiger partial charge in [-0.1, -0.05) is 6.92 Å². The normalized spacial score (nSPS) is 32.0. The third kappa shape index (κ3) is 1.85. The minimum Gasteiger partial charge on any atom is -0.351 e. The molecule has 2 amide bonds. The molecule has 1 aliphatic heterocycles. The number of amides is 2. The topological polar surface area (TPSA) is 46.3 Å². The highest BCUT2D eigenvalue weighted by molar-refractivity contribution is 5.72. The van der Waals surface area contributed by atoms with Crippen molar-refractivity contribution < 1.29 is 4.79 Å². The van der Waals surface area contributed by atoms with Gasteiger partial charge in [0.05, 0.1) is 0 Å². The predicted octanol–water partition coefficient (Wildman–Crippen LogP) is 1.19. The average molecular weight is 156 g/mol. The fourth-order valence-corrected chi connectivity index (χ4v) is 1.73. The first kappa shape index (κ1) is 8.37. The number of rotatable bonds is 0. The fourth-order valence-electron chi connectivity index (χ4n) is 1.73. The van der Waals surface area contributed by atoms with Crippen LogP contribution in [0.25, 0.3) is 0 Å². The van der Waals surface area contributed by atoms with Crippen LogP contribution >= 0.6 is 0 Å². The Morgan fingerprint density at radius 1 is 1.55 bits per heavy atom. The maximum absolute atomic E-state index is 10.8. The summed E-state index contributed by atoms with van der Waals surface area (Å²) < 4.78 is 0. The van der Waals surface area contributed by atoms with Gasteiger partial charge in [0.2, 0.25) is 0 Å². The molecular formula is C8H16N2O. The summed E-state index contributed by atoms with van der Waals surface area (Å²) in [7, 11) is 0. The highest BCUT2D eigenvalue weighted by atomic mass is 16.2. The Labute approximate surface area is 67.5 Å². The molecule has 1 rings (SSSR count). The number of nitrogens with two attached hydrogens (primary N) is 1. The van der Waals surface area contributed by atoms with E-state index in [1.54, 1.807) is 4.90 Å². The van der Waals surface area contributed by atoms with Crippen molar-refractivity contribution >= 4 is 6.03 Å². The number of likely N-dealkylation sites (tertiary alicyclic amines) is 1. The van der Waals surface area contributed by atoms with Crippen molar-refractivity contribution in [3.63, 3.8) is 0 Å². The van der Waals surface area contributed by atoms with Crippen LogP contribution in [-0.4, -0.2) is 23.5 Å². The van der Waals surface area contributed by atoms with Gasteiger partial charge in [0.25, 0.3) is 0 Å². The van der Waals surface area contributed by atoms with Crippen molar-refractivity contribution in [2.45, 2.75) is 32.7 Å². The Bertz CT molecular complexity index is 158. The Morgan fingerprint density at radius 2 is 2.18 bits per heavy atom. The molecule has 3 heteroatoms. The highest BCUT2D eigenvalue weighted by Gasteiger charge is 2.24. The smallest absolute Gasteiger partial charge is 0.315 e. The molecule has 0 spiro atoms. The molecule has 0 aromatic heterocycles. The van der Waals surface area contributed by atoms with Crippen LogP contribution in [-0.2, 0) is 0 Å². The quantitative estimate of drug-likeness (QED) is 0.562. The zero-order valence-corrected chi connectivity index (χ0v) is 7.21. The number of hydrogen-bond acceptors (Lipinski definition) is 1. The van der Waals surface area contributed by atoms with E-state index in [0.717, 1.165) is 25.3 Å². The third-order valence-electron chi connectivity index (χ3n) is 2.42. The second-order valence-corrected chi connectivity index (χ2v) is 3.51. The maximum atomic E-state index is 10.8. The second-order valence-electron chi connectivity index (χ2n) is 3.51. The number of hydrogen-bond donors (Lipinski definition) is 1. The number of urea groups is 1. The van der Waals surface area contributed by atoms with Gasteiger partial charge in [0.1, 0.15) is 0 Å². The minimum atomic E-state index is -0.274. The van der Waals surface area contributed by atoms with Crippen LogP contribution in [0.1, 0.15) is 26.7 Å². The molecule has 2 N–H and O–H groups in total. The van der Waals surface area contributed by atoms with Gasteiger partial charge in [0.15, 0.2) is 0 Å². The Kier molecular flexibility index (Phi) is 2.37. The lowest BCUT2D eigenvalue weighted by molar-refractivity contribution is 0.147. The molecule has 0 aromatic rings. The molecule has 1 aliphatic rings. The number of primary amides is 1. The van der Waals surface area contributed by atoms with E-state index in [2.05, 4.69) is 13.8 Å². The van der Waals surface area contributed by atoms with E-state index in [1.807, 2.05) is 0 Å². The minimum absolute atomic E-state index is 0.274. The average Bonchev–Trinajstić information content (AvgIpc) is 1.85. The molecular weight excluding hydrogens is 140 g/mol. The fraction of sp³-hybridized carbons (Fsp3) is 0.875. The lowest BCUT2D eigenvalue weighted by Gasteiger charge is -2.35. The Morgan fingerprint density at radius 3 is 2.64 bits per heavy atom. The summed E-state index contributed by atoms with van der Waals surface area (Å²) in [6.45, 7) is 5.10. The van der Waals surface area contributed by atoms with Crippen LogP contribution in [0.4, 0.5) is 4.79 Å². The van der Waals surface area contributed by atoms with Crippen molar-refractivity contribution in [2.75, 3.05) is 6.54 Å². The summed E-state index contributed by atoms with van der Waals surface area (Å²) >= 11 is 0. The number of nitrogens with zero attached hydrogens (tertiary/aromatic N) is 1. The number of piperidine rings is 1. The van der Waals surface area contributed by atoms with Gasteiger partial charge in [-0.05, 0) is 25.7 Å². The zero-order chi connectivity index (χ0) is 8.43. The first-order valence-electron chi connectivity index (χ1n) is 4.17. The molecule has 2 atom stereocenters. The summed E-state index contributed by atoms with van der Waals surface area (Å²) in [5.74, 6) is 0.737. The Hall–Kier alpha value is -0.730. The van der Waals surface area contributed by atoms with Gasteiger partial charge in [-0.25, -0.2) is 4.79 Å². The molecule has 2 unspecified atom stereocenters. The van der Waals surface area contributed by atoms with Crippen LogP contribution in [0.15, 0.2) is 0 Å². The molecule has 0 radical (unpaired) electrons. The molecule has 1 saturated heterocycles. The van der Waals surface area contributed by atoms with Gasteiger partial charge in [0, 0.05) is 12.6 Å². The summed E-state index contributed by atoms with van der Waals surface area (Å²) in [4.78, 5) is 12.6. The van der Waals surface area contributed by atoms with Gasteiger partial charge >= 0.3 is 6.03 Å². The van der Waals surface area contributed by atoms with E-state index in [9.17, 15) is 4.79 Å². The van der Waals surface area contributed by atoms with Crippen LogP contribution < -0.4 is 5.73 Å². The van der Waals surface area contributed by atoms with E-state index in [1.165, 1.54) is 0 Å². The summed E-state index contributed by atoms with van der Waals surface area (Å²) in [5, 5.41) is 0. The second kappa shape index (κ2) is 3.11. The third-order valence-corrected chi connectivity index (χ3v) is 2.42. The van der Waals surface area contributed by atoms with Crippen molar-refractivity contribution in [3.05, 3.63) is 0 Å². The zero-order valence-electron chi connectivity index (χ0n) is 7.21. The van der Waals surface area contributed by atoms with Crippen LogP contribution in [0.5, 0.6) is 0 Å². The largest absolute Gasteiger partial charge is 0.351 e. The molecule has 1 heterocycles. The highest BCUT2D eigenvalue weighted by Crippen LogP contribution is 2.21. The predicted molar refractivity (Wildman–Crippen MR) is 44.1 cm³/mol. The number of carbonyl (C=O) groups is 1. The van der Waals surface area contributed by atoms with E-state index in [0.29, 0.717) is 6.04 Å². The van der Waals surface area contributed by atoms with Crippen LogP contribution in [0.3, 0.4) is 0 Å². The summed E-state index contributed by atoms with van der Waals surface area (Å²) in [6.07, 6.45) is 2.18. The van der Waals surface area contributed by atoms with Gasteiger partial charge in [-0.2, -0.15) is 0 Å². The van der Waals surface area contributed by atoms with E-state index >= 15 is 0 Å². The van der Waals surface area contributed by atoms with Gasteiger partial charge in [-0.15, -0.1) is 0 Å². The lowest BCUT2D eigenvalue weighted by atomic mass is 9.94. The summed E-state index contributed by atoms with van der Waals surface area (Å²) in [5.41, 5.74) is 5.19. The standard InChI is InChI=1S/C8H16N2O/c1-6-3-4-10(8(9)11)7(2)5-6/h6-7H,3-5H2,1-2H3,(H2,9,11). The molecule has 0 aromatic carbocycles. The molecule has 0 aliphatic carbocycles. The first-order valence-corrected chi connectivity index (χ1v) is 4.17. The van der Waals surface area contributed by atoms with Crippen molar-refractivity contribution in [1.82, 2.24) is 4.90 Å². The molecule has 64 valence electrons. The first-order chi connectivity index (χ1) is 5.11. The van der Waals surface area contributed by atoms with E-state index in [-0.39, 0.29) is 6.03 Å². The summed E-state index contributed by atoms with van der Waals surface area (Å²) in [6, 6.07) is 0.0562. The van der Waals surface area contributed by atoms with E-state index in [4.69, 9.17) is 5.73 Å². The SMILES string of the molecule is CC1CCN(C(N)=O)C(C)C1. The van der Waals surface area contributed by atoms with Crippen molar-refractivity contribution in [1.29, 1.82) is 0 Å². The monoisotopic (exact) mass is 156 g/mol. The maximum Gasteiger partial charge on any atom is 0.315 e. The number of carbonyl (C=O) groups excluding carboxylic acids is 1. The van der Waals surface area contributed by atoms with Gasteiger partial charge < -0.3 is 10.6 Å². The molecule has 1 fully saturated rings. The molecule has 0 bridgehead atoms. The van der Waals surface area contributed by atoms with Crippen LogP contribution in [0, 0.1) is 5.92 Å². The van der Waals surface area contributed by atoms with Crippen LogP contribution in [0.2, 0.25) is 0 Å². The molecule has 0 saturated carbocycles. The Balaban J connectivity index is 2.50. The van der Waals surface area contributed by atoms with Crippen molar-refractivity contribution in [3.8, 4) is 0 Å². The van der Waals surface area contributed by atoms with Gasteiger partial charge in [-0.3, -0.25) is 0 Å².